The van der Waals surface area contributed by atoms with E-state index in [9.17, 15) is 14.9 Å². The lowest BCUT2D eigenvalue weighted by Gasteiger charge is -2.04. The Morgan fingerprint density at radius 1 is 1.22 bits per heavy atom. The van der Waals surface area contributed by atoms with Crippen molar-refractivity contribution in [1.82, 2.24) is 4.98 Å². The minimum absolute atomic E-state index is 0.00527. The molecule has 2 heterocycles. The average molecular weight is 404 g/mol. The number of hydrogen-bond donors (Lipinski definition) is 1. The maximum Gasteiger partial charge on any atom is 0.270 e. The van der Waals surface area contributed by atoms with Crippen molar-refractivity contribution in [2.75, 3.05) is 12.1 Å². The largest absolute Gasteiger partial charge is 0.454 e. The molecular weight excluding hydrogens is 394 g/mol. The summed E-state index contributed by atoms with van der Waals surface area (Å²) in [5, 5.41) is 15.7. The second-order valence-electron chi connectivity index (χ2n) is 5.48. The number of nitrogens with zero attached hydrogens (tertiary/aromatic N) is 2. The van der Waals surface area contributed by atoms with E-state index in [4.69, 9.17) is 21.1 Å². The second kappa shape index (κ2) is 6.86. The van der Waals surface area contributed by atoms with Crippen LogP contribution in [0.1, 0.15) is 10.4 Å². The van der Waals surface area contributed by atoms with Gasteiger partial charge in [0, 0.05) is 23.1 Å². The molecule has 1 aliphatic rings. The Balaban J connectivity index is 1.55. The van der Waals surface area contributed by atoms with E-state index in [1.54, 1.807) is 17.5 Å². The number of halogens is 1. The third kappa shape index (κ3) is 3.42. The molecule has 0 radical (unpaired) electrons. The van der Waals surface area contributed by atoms with Gasteiger partial charge in [0.2, 0.25) is 6.79 Å². The number of fused-ring (bicyclic) bond motifs is 1. The van der Waals surface area contributed by atoms with Crippen LogP contribution in [0.5, 0.6) is 11.5 Å². The van der Waals surface area contributed by atoms with E-state index in [2.05, 4.69) is 10.3 Å². The molecule has 0 bridgehead atoms. The number of aromatic nitrogens is 1. The number of benzene rings is 2. The van der Waals surface area contributed by atoms with Crippen LogP contribution in [0.25, 0.3) is 11.3 Å². The van der Waals surface area contributed by atoms with Gasteiger partial charge in [0.1, 0.15) is 0 Å². The van der Waals surface area contributed by atoms with Gasteiger partial charge in [0.15, 0.2) is 16.6 Å². The van der Waals surface area contributed by atoms with Crippen molar-refractivity contribution in [2.24, 2.45) is 0 Å². The number of hydrogen-bond acceptors (Lipinski definition) is 7. The first-order valence-corrected chi connectivity index (χ1v) is 8.88. The quantitative estimate of drug-likeness (QED) is 0.513. The summed E-state index contributed by atoms with van der Waals surface area (Å²) >= 11 is 7.22. The maximum atomic E-state index is 12.4. The first-order valence-electron chi connectivity index (χ1n) is 7.62. The van der Waals surface area contributed by atoms with E-state index in [1.165, 1.54) is 23.5 Å². The summed E-state index contributed by atoms with van der Waals surface area (Å²) < 4.78 is 10.6. The lowest BCUT2D eigenvalue weighted by Crippen LogP contribution is -2.12. The van der Waals surface area contributed by atoms with Crippen LogP contribution in [-0.4, -0.2) is 22.6 Å². The third-order valence-electron chi connectivity index (χ3n) is 3.80. The predicted molar refractivity (Wildman–Crippen MR) is 99.7 cm³/mol. The van der Waals surface area contributed by atoms with Gasteiger partial charge in [0.25, 0.3) is 11.6 Å². The third-order valence-corrected chi connectivity index (χ3v) is 4.89. The number of rotatable bonds is 4. The molecule has 0 saturated heterocycles. The number of amides is 1. The van der Waals surface area contributed by atoms with Gasteiger partial charge in [-0.05, 0) is 24.3 Å². The number of carbonyl (C=O) groups excluding carboxylic acids is 1. The highest BCUT2D eigenvalue weighted by atomic mass is 35.5. The first-order chi connectivity index (χ1) is 13.0. The topological polar surface area (TPSA) is 104 Å². The van der Waals surface area contributed by atoms with Crippen molar-refractivity contribution in [3.05, 3.63) is 62.5 Å². The number of nitrogens with one attached hydrogen (secondary N) is 1. The van der Waals surface area contributed by atoms with E-state index >= 15 is 0 Å². The van der Waals surface area contributed by atoms with Crippen LogP contribution in [0.15, 0.2) is 41.8 Å². The molecule has 136 valence electrons. The van der Waals surface area contributed by atoms with Gasteiger partial charge in [-0.25, -0.2) is 4.98 Å². The fourth-order valence-corrected chi connectivity index (χ4v) is 3.40. The summed E-state index contributed by atoms with van der Waals surface area (Å²) in [6.07, 6.45) is 0. The Hall–Kier alpha value is -3.17. The average Bonchev–Trinajstić information content (AvgIpc) is 3.30. The molecule has 1 amide bonds. The molecule has 0 spiro atoms. The van der Waals surface area contributed by atoms with Gasteiger partial charge in [-0.2, -0.15) is 0 Å². The van der Waals surface area contributed by atoms with Crippen molar-refractivity contribution in [3.63, 3.8) is 0 Å². The molecule has 1 aromatic heterocycles. The van der Waals surface area contributed by atoms with Crippen LogP contribution in [-0.2, 0) is 0 Å². The normalized spacial score (nSPS) is 12.0. The number of nitro benzene ring substituents is 1. The van der Waals surface area contributed by atoms with E-state index in [-0.39, 0.29) is 23.1 Å². The minimum atomic E-state index is -0.589. The Labute approximate surface area is 161 Å². The number of nitro groups is 1. The van der Waals surface area contributed by atoms with E-state index in [0.717, 1.165) is 11.6 Å². The predicted octanol–water partition coefficient (Wildman–Crippen LogP) is 4.35. The first kappa shape index (κ1) is 17.3. The summed E-state index contributed by atoms with van der Waals surface area (Å²) in [6, 6.07) is 9.11. The molecule has 2 aromatic carbocycles. The highest BCUT2D eigenvalue weighted by Crippen LogP contribution is 2.36. The van der Waals surface area contributed by atoms with Crippen LogP contribution in [0, 0.1) is 10.1 Å². The summed E-state index contributed by atoms with van der Waals surface area (Å²) in [5.41, 5.74) is 1.25. The van der Waals surface area contributed by atoms with Crippen molar-refractivity contribution >= 4 is 39.7 Å². The lowest BCUT2D eigenvalue weighted by molar-refractivity contribution is -0.384. The zero-order chi connectivity index (χ0) is 19.0. The van der Waals surface area contributed by atoms with Gasteiger partial charge in [-0.15, -0.1) is 11.3 Å². The van der Waals surface area contributed by atoms with Crippen LogP contribution < -0.4 is 14.8 Å². The van der Waals surface area contributed by atoms with Crippen molar-refractivity contribution in [3.8, 4) is 22.8 Å². The molecule has 4 rings (SSSR count). The minimum Gasteiger partial charge on any atom is -0.454 e. The van der Waals surface area contributed by atoms with E-state index in [1.807, 2.05) is 6.07 Å². The molecule has 0 atom stereocenters. The van der Waals surface area contributed by atoms with Gasteiger partial charge in [0.05, 0.1) is 21.2 Å². The zero-order valence-electron chi connectivity index (χ0n) is 13.5. The lowest BCUT2D eigenvalue weighted by atomic mass is 10.1. The number of ether oxygens (including phenoxy) is 2. The Morgan fingerprint density at radius 2 is 2.04 bits per heavy atom. The van der Waals surface area contributed by atoms with Crippen molar-refractivity contribution < 1.29 is 19.2 Å². The van der Waals surface area contributed by atoms with E-state index < -0.39 is 10.8 Å². The Kier molecular flexibility index (Phi) is 4.38. The summed E-state index contributed by atoms with van der Waals surface area (Å²) in [7, 11) is 0. The molecule has 0 fully saturated rings. The van der Waals surface area contributed by atoms with Crippen LogP contribution in [0.4, 0.5) is 10.8 Å². The maximum absolute atomic E-state index is 12.4. The summed E-state index contributed by atoms with van der Waals surface area (Å²) in [4.78, 5) is 27.1. The monoisotopic (exact) mass is 403 g/mol. The van der Waals surface area contributed by atoms with Crippen molar-refractivity contribution in [2.45, 2.75) is 0 Å². The molecule has 27 heavy (non-hydrogen) atoms. The molecule has 0 aliphatic carbocycles. The van der Waals surface area contributed by atoms with Crippen LogP contribution in [0.3, 0.4) is 0 Å². The smallest absolute Gasteiger partial charge is 0.270 e. The Morgan fingerprint density at radius 3 is 2.85 bits per heavy atom. The van der Waals surface area contributed by atoms with E-state index in [0.29, 0.717) is 22.3 Å². The zero-order valence-corrected chi connectivity index (χ0v) is 15.0. The summed E-state index contributed by atoms with van der Waals surface area (Å²) in [5.74, 6) is 0.729. The standard InChI is InChI=1S/C17H10ClN3O5S/c18-12-3-2-10(21(23)24)6-11(12)16(22)20-17-19-13(7-27-17)9-1-4-14-15(5-9)26-8-25-14/h1-7H,8H2,(H,19,20,22). The Bertz CT molecular complexity index is 1070. The molecule has 3 aromatic rings. The molecule has 1 N–H and O–H groups in total. The molecule has 10 heteroatoms. The van der Waals surface area contributed by atoms with Crippen LogP contribution in [0.2, 0.25) is 5.02 Å². The fourth-order valence-electron chi connectivity index (χ4n) is 2.48. The van der Waals surface area contributed by atoms with Gasteiger partial charge >= 0.3 is 0 Å². The fraction of sp³-hybridized carbons (Fsp3) is 0.0588. The second-order valence-corrected chi connectivity index (χ2v) is 6.75. The number of thiazole rings is 1. The highest BCUT2D eigenvalue weighted by molar-refractivity contribution is 7.14. The number of carbonyl (C=O) groups is 1. The van der Waals surface area contributed by atoms with Crippen molar-refractivity contribution in [1.29, 1.82) is 0 Å². The van der Waals surface area contributed by atoms with Crippen LogP contribution >= 0.6 is 22.9 Å². The van der Waals surface area contributed by atoms with Gasteiger partial charge in [-0.3, -0.25) is 20.2 Å². The summed E-state index contributed by atoms with van der Waals surface area (Å²) in [6.45, 7) is 0.182. The molecule has 0 saturated carbocycles. The SMILES string of the molecule is O=C(Nc1nc(-c2ccc3c(c2)OCO3)cs1)c1cc([N+](=O)[O-])ccc1Cl. The number of non-ortho nitro benzene ring substituents is 1. The van der Waals surface area contributed by atoms with Gasteiger partial charge < -0.3 is 9.47 Å². The molecular formula is C17H10ClN3O5S. The number of anilines is 1. The molecule has 1 aliphatic heterocycles. The highest BCUT2D eigenvalue weighted by Gasteiger charge is 2.18. The molecule has 0 unspecified atom stereocenters. The van der Waals surface area contributed by atoms with Gasteiger partial charge in [-0.1, -0.05) is 11.6 Å². The molecule has 8 nitrogen and oxygen atoms in total.